The maximum Gasteiger partial charge on any atom is 2.00 e. The number of halogens is 1. The van der Waals surface area contributed by atoms with Gasteiger partial charge < -0.3 is 12.4 Å². The summed E-state index contributed by atoms with van der Waals surface area (Å²) in [4.78, 5) is 0. The second-order valence-electron chi connectivity index (χ2n) is 2.66. The maximum atomic E-state index is 2.20. The number of hydrogen-bond acceptors (Lipinski definition) is 0. The monoisotopic (exact) mass is 254 g/mol. The number of rotatable bonds is 0. The van der Waals surface area contributed by atoms with Gasteiger partial charge in [-0.1, -0.05) is 13.0 Å². The van der Waals surface area contributed by atoms with Crippen LogP contribution in [0.5, 0.6) is 0 Å². The number of benzene rings is 1. The molecule has 0 bridgehead atoms. The second kappa shape index (κ2) is 4.89. The fraction of sp³-hybridized carbons (Fsp3) is 0.100. The van der Waals surface area contributed by atoms with Crippen molar-refractivity contribution in [1.29, 1.82) is 0 Å². The quantitative estimate of drug-likeness (QED) is 0.576. The van der Waals surface area contributed by atoms with Crippen molar-refractivity contribution in [3.8, 4) is 0 Å². The second-order valence-corrected chi connectivity index (χ2v) is 2.66. The van der Waals surface area contributed by atoms with Gasteiger partial charge in [-0.15, -0.1) is 40.6 Å². The van der Waals surface area contributed by atoms with E-state index in [1.807, 2.05) is 0 Å². The molecular formula is C10H9ClZr. The zero-order valence-electron chi connectivity index (χ0n) is 6.84. The topological polar surface area (TPSA) is 0 Å². The molecular weight excluding hydrogens is 247 g/mol. The molecule has 0 radical (unpaired) electrons. The van der Waals surface area contributed by atoms with Gasteiger partial charge in [0.15, 0.2) is 0 Å². The van der Waals surface area contributed by atoms with Gasteiger partial charge >= 0.3 is 26.2 Å². The Hall–Kier alpha value is 0.00312. The van der Waals surface area contributed by atoms with Crippen LogP contribution in [0.1, 0.15) is 5.56 Å². The molecule has 0 amide bonds. The van der Waals surface area contributed by atoms with Crippen LogP contribution in [0.4, 0.5) is 0 Å². The van der Waals surface area contributed by atoms with Crippen LogP contribution in [-0.2, 0) is 26.2 Å². The molecule has 0 aliphatic heterocycles. The summed E-state index contributed by atoms with van der Waals surface area (Å²) < 4.78 is 0. The first-order chi connectivity index (χ1) is 4.86. The summed E-state index contributed by atoms with van der Waals surface area (Å²) in [5.41, 5.74) is 1.35. The Bertz CT molecular complexity index is 318. The minimum Gasteiger partial charge on any atom is -1.00 e. The van der Waals surface area contributed by atoms with Crippen LogP contribution < -0.4 is 12.4 Å². The van der Waals surface area contributed by atoms with Crippen LogP contribution in [0.15, 0.2) is 36.4 Å². The molecule has 2 aromatic rings. The zero-order chi connectivity index (χ0) is 6.97. The van der Waals surface area contributed by atoms with E-state index in [1.165, 1.54) is 16.3 Å². The van der Waals surface area contributed by atoms with Gasteiger partial charge in [-0.05, 0) is 0 Å². The molecule has 0 aliphatic carbocycles. The van der Waals surface area contributed by atoms with Crippen molar-refractivity contribution in [2.24, 2.45) is 0 Å². The van der Waals surface area contributed by atoms with E-state index in [0.29, 0.717) is 0 Å². The molecule has 0 N–H and O–H groups in total. The predicted molar refractivity (Wildman–Crippen MR) is 44.3 cm³/mol. The summed E-state index contributed by atoms with van der Waals surface area (Å²) in [6.07, 6.45) is 0. The molecule has 0 nitrogen and oxygen atoms in total. The molecule has 0 spiro atoms. The smallest absolute Gasteiger partial charge is 1.00 e. The van der Waals surface area contributed by atoms with Crippen LogP contribution in [0, 0.1) is 6.92 Å². The van der Waals surface area contributed by atoms with E-state index >= 15 is 0 Å². The van der Waals surface area contributed by atoms with E-state index in [0.717, 1.165) is 0 Å². The first-order valence-corrected chi connectivity index (χ1v) is 3.48. The Morgan fingerprint density at radius 3 is 2.50 bits per heavy atom. The summed E-state index contributed by atoms with van der Waals surface area (Å²) in [5.74, 6) is 0. The molecule has 0 aliphatic rings. The Morgan fingerprint density at radius 2 is 1.83 bits per heavy atom. The average Bonchev–Trinajstić information content (AvgIpc) is 2.27. The Kier molecular flexibility index (Phi) is 4.89. The van der Waals surface area contributed by atoms with E-state index in [1.54, 1.807) is 0 Å². The van der Waals surface area contributed by atoms with Crippen molar-refractivity contribution in [2.75, 3.05) is 0 Å². The summed E-state index contributed by atoms with van der Waals surface area (Å²) in [7, 11) is 0. The van der Waals surface area contributed by atoms with Gasteiger partial charge in [-0.2, -0.15) is 6.07 Å². The van der Waals surface area contributed by atoms with Crippen molar-refractivity contribution in [2.45, 2.75) is 6.92 Å². The molecule has 0 fully saturated rings. The Labute approximate surface area is 97.9 Å². The molecule has 2 heteroatoms. The molecule has 0 aromatic heterocycles. The largest absolute Gasteiger partial charge is 2.00 e. The first-order valence-electron chi connectivity index (χ1n) is 3.48. The van der Waals surface area contributed by atoms with Gasteiger partial charge in [-0.25, -0.2) is 0 Å². The third-order valence-electron chi connectivity index (χ3n) is 1.76. The van der Waals surface area contributed by atoms with Crippen LogP contribution in [0.25, 0.3) is 10.8 Å². The van der Waals surface area contributed by atoms with Crippen molar-refractivity contribution >= 4 is 10.8 Å². The van der Waals surface area contributed by atoms with Gasteiger partial charge in [0.2, 0.25) is 0 Å². The molecule has 60 valence electrons. The third kappa shape index (κ3) is 2.25. The zero-order valence-corrected chi connectivity index (χ0v) is 10.1. The van der Waals surface area contributed by atoms with Crippen LogP contribution in [0.3, 0.4) is 0 Å². The SMILES string of the molecule is Cc1cc2ccccc2[cH-]1.[Cl-].[Zr+2]. The molecule has 0 saturated heterocycles. The van der Waals surface area contributed by atoms with Crippen LogP contribution in [-0.4, -0.2) is 0 Å². The van der Waals surface area contributed by atoms with Crippen molar-refractivity contribution in [3.63, 3.8) is 0 Å². The average molecular weight is 256 g/mol. The predicted octanol–water partition coefficient (Wildman–Crippen LogP) is -0.131. The van der Waals surface area contributed by atoms with Crippen LogP contribution >= 0.6 is 0 Å². The van der Waals surface area contributed by atoms with Gasteiger partial charge in [-0.3, -0.25) is 0 Å². The molecule has 2 rings (SSSR count). The first kappa shape index (κ1) is 12.0. The summed E-state index contributed by atoms with van der Waals surface area (Å²) >= 11 is 0. The van der Waals surface area contributed by atoms with Gasteiger partial charge in [0.1, 0.15) is 0 Å². The molecule has 0 atom stereocenters. The number of hydrogen-bond donors (Lipinski definition) is 0. The minimum absolute atomic E-state index is 0. The Morgan fingerprint density at radius 1 is 1.17 bits per heavy atom. The van der Waals surface area contributed by atoms with Gasteiger partial charge in [0.05, 0.1) is 0 Å². The van der Waals surface area contributed by atoms with Gasteiger partial charge in [0, 0.05) is 0 Å². The molecule has 2 aromatic carbocycles. The molecule has 0 saturated carbocycles. The number of fused-ring (bicyclic) bond motifs is 1. The molecule has 12 heavy (non-hydrogen) atoms. The fourth-order valence-corrected chi connectivity index (χ4v) is 1.31. The summed E-state index contributed by atoms with van der Waals surface area (Å²) in [6, 6.07) is 12.8. The van der Waals surface area contributed by atoms with Crippen LogP contribution in [0.2, 0.25) is 0 Å². The van der Waals surface area contributed by atoms with E-state index in [-0.39, 0.29) is 38.6 Å². The minimum atomic E-state index is 0. The maximum absolute atomic E-state index is 2.20. The molecule has 0 unspecified atom stereocenters. The van der Waals surface area contributed by atoms with E-state index < -0.39 is 0 Å². The molecule has 0 heterocycles. The van der Waals surface area contributed by atoms with E-state index in [4.69, 9.17) is 0 Å². The standard InChI is InChI=1S/C10H9.ClH.Zr/c1-8-6-9-4-2-3-5-10(9)7-8;;/h2-7H,1H3;1H;/q-1;;+2/p-1. The van der Waals surface area contributed by atoms with E-state index in [9.17, 15) is 0 Å². The summed E-state index contributed by atoms with van der Waals surface area (Å²) in [5, 5.41) is 2.69. The van der Waals surface area contributed by atoms with Crippen molar-refractivity contribution in [3.05, 3.63) is 42.0 Å². The normalized spacial score (nSPS) is 8.75. The summed E-state index contributed by atoms with van der Waals surface area (Å²) in [6.45, 7) is 2.12. The fourth-order valence-electron chi connectivity index (χ4n) is 1.31. The van der Waals surface area contributed by atoms with Crippen molar-refractivity contribution < 1.29 is 38.6 Å². The van der Waals surface area contributed by atoms with E-state index in [2.05, 4.69) is 43.3 Å². The van der Waals surface area contributed by atoms with Crippen molar-refractivity contribution in [1.82, 2.24) is 0 Å². The van der Waals surface area contributed by atoms with Gasteiger partial charge in [0.25, 0.3) is 0 Å². The third-order valence-corrected chi connectivity index (χ3v) is 1.76. The number of aryl methyl sites for hydroxylation is 1. The Balaban J connectivity index is 0.000000605.